The van der Waals surface area contributed by atoms with E-state index in [1.807, 2.05) is 76.2 Å². The van der Waals surface area contributed by atoms with Crippen molar-refractivity contribution in [2.45, 2.75) is 463 Å². The van der Waals surface area contributed by atoms with Crippen LogP contribution in [0.15, 0.2) is 0 Å². The number of carbonyl (C=O) groups excluding carboxylic acids is 10. The molecule has 3 aliphatic heterocycles. The van der Waals surface area contributed by atoms with Gasteiger partial charge in [0.05, 0.1) is 55.7 Å². The quantitative estimate of drug-likeness (QED) is 0.0461. The summed E-state index contributed by atoms with van der Waals surface area (Å²) in [6, 6.07) is 0. The summed E-state index contributed by atoms with van der Waals surface area (Å²) in [6.45, 7) is 38.3. The lowest BCUT2D eigenvalue weighted by Gasteiger charge is -2.62. The molecule has 126 heavy (non-hydrogen) atoms. The second-order valence-electron chi connectivity index (χ2n) is 42.6. The highest BCUT2D eigenvalue weighted by atomic mass is 16.7. The number of hydrogen-bond donors (Lipinski definition) is 2. The fourth-order valence-corrected chi connectivity index (χ4v) is 24.0. The molecule has 16 atom stereocenters. The Hall–Kier alpha value is -5.46. The smallest absolute Gasteiger partial charge is 0.344 e. The van der Waals surface area contributed by atoms with E-state index in [0.29, 0.717) is 80.6 Å². The summed E-state index contributed by atoms with van der Waals surface area (Å²) in [5.74, 6) is 2.78. The Labute approximate surface area is 763 Å². The molecule has 3 heterocycles. The zero-order valence-corrected chi connectivity index (χ0v) is 73.8. The molecule has 0 radical (unpaired) electrons. The molecular formula is C102H184O24. The lowest BCUT2D eigenvalue weighted by molar-refractivity contribution is -0.264. The minimum atomic E-state index is -0.842. The topological polar surface area (TPSA) is 322 Å². The van der Waals surface area contributed by atoms with Crippen molar-refractivity contribution in [1.82, 2.24) is 0 Å². The average molecular weight is 1790 g/mol. The van der Waals surface area contributed by atoms with Crippen molar-refractivity contribution < 1.29 is 115 Å². The summed E-state index contributed by atoms with van der Waals surface area (Å²) in [5, 5.41) is 21.3. The Morgan fingerprint density at radius 3 is 1.29 bits per heavy atom. The molecule has 0 amide bonds. The molecule has 18 bridgehead atoms. The van der Waals surface area contributed by atoms with Crippen molar-refractivity contribution in [3.8, 4) is 0 Å². The van der Waals surface area contributed by atoms with Crippen molar-refractivity contribution in [2.75, 3.05) is 19.8 Å². The molecule has 19 fully saturated rings. The first-order valence-corrected chi connectivity index (χ1v) is 44.8. The lowest BCUT2D eigenvalue weighted by Crippen LogP contribution is -2.67. The van der Waals surface area contributed by atoms with Crippen molar-refractivity contribution in [1.29, 1.82) is 0 Å². The number of aliphatic hydroxyl groups is 2. The van der Waals surface area contributed by atoms with E-state index < -0.39 is 98.0 Å². The van der Waals surface area contributed by atoms with Crippen LogP contribution in [0.4, 0.5) is 0 Å². The minimum absolute atomic E-state index is 0. The van der Waals surface area contributed by atoms with Crippen molar-refractivity contribution in [3.05, 3.63) is 0 Å². The normalized spacial score (nSPS) is 35.2. The largest absolute Gasteiger partial charge is 0.459 e. The van der Waals surface area contributed by atoms with Gasteiger partial charge >= 0.3 is 59.7 Å². The van der Waals surface area contributed by atoms with Gasteiger partial charge in [-0.05, 0) is 297 Å². The third-order valence-electron chi connectivity index (χ3n) is 31.2. The van der Waals surface area contributed by atoms with Crippen LogP contribution in [0.2, 0.25) is 0 Å². The third kappa shape index (κ3) is 25.5. The number of esters is 10. The summed E-state index contributed by atoms with van der Waals surface area (Å²) in [4.78, 5) is 122. The highest BCUT2D eigenvalue weighted by Crippen LogP contribution is 2.65. The van der Waals surface area contributed by atoms with E-state index in [0.717, 1.165) is 115 Å². The van der Waals surface area contributed by atoms with E-state index in [4.69, 9.17) is 56.8 Å². The molecule has 0 aromatic rings. The maximum absolute atomic E-state index is 12.8. The van der Waals surface area contributed by atoms with Gasteiger partial charge in [0.1, 0.15) is 41.2 Å². The predicted molar refractivity (Wildman–Crippen MR) is 492 cm³/mol. The molecule has 16 aliphatic carbocycles. The predicted octanol–water partition coefficient (Wildman–Crippen LogP) is 21.4. The van der Waals surface area contributed by atoms with Gasteiger partial charge in [0.25, 0.3) is 0 Å². The maximum atomic E-state index is 12.8. The summed E-state index contributed by atoms with van der Waals surface area (Å²) in [7, 11) is 0. The van der Waals surface area contributed by atoms with E-state index >= 15 is 0 Å². The first kappa shape index (κ1) is 119. The minimum Gasteiger partial charge on any atom is -0.459 e. The number of ether oxygens (including phenoxy) is 12. The van der Waals surface area contributed by atoms with Crippen LogP contribution in [0.25, 0.3) is 0 Å². The Balaban J connectivity index is 0.000000776. The molecule has 0 spiro atoms. The van der Waals surface area contributed by atoms with Crippen LogP contribution in [0.1, 0.15) is 393 Å². The number of carbonyl (C=O) groups is 10. The zero-order chi connectivity index (χ0) is 85.2. The van der Waals surface area contributed by atoms with Gasteiger partial charge in [0.2, 0.25) is 0 Å². The highest BCUT2D eigenvalue weighted by molar-refractivity contribution is 5.82. The molecule has 19 aliphatic rings. The van der Waals surface area contributed by atoms with Crippen molar-refractivity contribution in [3.63, 3.8) is 0 Å². The Morgan fingerprint density at radius 2 is 0.833 bits per heavy atom. The van der Waals surface area contributed by atoms with E-state index in [1.165, 1.54) is 38.5 Å². The standard InChI is InChI=1S/C23H38O6.C19H32O2.C18H26O6.C16H22O6.C16H26O4.10CH4/c1-7-21(5,6)20(25)29-23-12-17-9-18(13-23)11-22(10-17,14-23)28-15(3)19(24)27-16(4)26-8-2;1-6-18(4,5)17(20)21-19(12(2)3)15-8-13-7-14(10-15)11-16(19)9-13;1-4-18(2,3)17(21)22-9-14(19)24-15-11-5-10-6-12(8-11)16(20)23-13(15)7-10;1-4-16(2,3)15(19)20-7-11(17)21-12-8-5-9-10(6-8)14(18)22-13(9)12;1-4-13(2,3)12(17)20-16-7-11-5-14(18,9-16)8-15(19,6-11)10-16;;;;;;;;;;/h15-18H,7-14H2,1-6H3;12-16H,6-11H2,1-5H3;10-13,15H,4-9H2,1-3H3;8-10,12-13H,4-7H2,1-3H3;11,18-19H,4-10H2,1-3H3;10*1H4. The van der Waals surface area contributed by atoms with Crippen molar-refractivity contribution in [2.24, 2.45) is 110 Å². The van der Waals surface area contributed by atoms with Crippen LogP contribution in [0.3, 0.4) is 0 Å². The van der Waals surface area contributed by atoms with E-state index in [9.17, 15) is 58.2 Å². The monoisotopic (exact) mass is 1790 g/mol. The molecule has 736 valence electrons. The SMILES string of the molecule is C.C.C.C.C.C.C.C.C.C.CCC(C)(C)C(=O)OC1(C(C)C)C2CC3CC(C2)CC1C3.CCC(C)(C)C(=O)OC12CC3CC(O)(CC(O)(C3)C1)C2.CCC(C)(C)C(=O)OCC(=O)OC1C2CC3C(=O)OC1C3C2.CCC(C)(C)C(=O)OCC(=O)OC1C2CC3CC(C2)C(=O)OC1C3.CCOC(C)OC(=O)C(C)OC12CC3CC(CC(OC(=O)C(C)(C)CC)(C3)C1)C2. The van der Waals surface area contributed by atoms with Gasteiger partial charge in [-0.2, -0.15) is 0 Å². The highest BCUT2D eigenvalue weighted by Gasteiger charge is 2.68. The molecular weight excluding hydrogens is 1610 g/mol. The lowest BCUT2D eigenvalue weighted by atomic mass is 9.47. The van der Waals surface area contributed by atoms with Gasteiger partial charge in [-0.3, -0.25) is 33.6 Å². The summed E-state index contributed by atoms with van der Waals surface area (Å²) in [6.07, 6.45) is 21.7. The van der Waals surface area contributed by atoms with Gasteiger partial charge in [0, 0.05) is 50.0 Å². The first-order valence-electron chi connectivity index (χ1n) is 44.8. The van der Waals surface area contributed by atoms with Crippen LogP contribution in [-0.2, 0) is 105 Å². The Morgan fingerprint density at radius 1 is 0.421 bits per heavy atom. The summed E-state index contributed by atoms with van der Waals surface area (Å²) < 4.78 is 67.5. The fourth-order valence-electron chi connectivity index (χ4n) is 24.0. The van der Waals surface area contributed by atoms with Crippen LogP contribution < -0.4 is 0 Å². The van der Waals surface area contributed by atoms with Gasteiger partial charge in [-0.15, -0.1) is 0 Å². The molecule has 16 unspecified atom stereocenters. The van der Waals surface area contributed by atoms with Crippen LogP contribution >= 0.6 is 0 Å². The maximum Gasteiger partial charge on any atom is 0.344 e. The molecule has 0 aromatic heterocycles. The van der Waals surface area contributed by atoms with Gasteiger partial charge in [-0.25, -0.2) is 14.4 Å². The third-order valence-corrected chi connectivity index (χ3v) is 31.2. The van der Waals surface area contributed by atoms with Gasteiger partial charge in [-0.1, -0.05) is 123 Å². The van der Waals surface area contributed by atoms with Crippen LogP contribution in [0, 0.1) is 110 Å². The number of fused-ring (bicyclic) bond motifs is 2. The number of rotatable bonds is 26. The van der Waals surface area contributed by atoms with Gasteiger partial charge < -0.3 is 67.1 Å². The molecule has 2 N–H and O–H groups in total. The molecule has 19 rings (SSSR count). The Kier molecular flexibility index (Phi) is 42.2. The molecule has 3 saturated heterocycles. The van der Waals surface area contributed by atoms with Crippen molar-refractivity contribution >= 4 is 59.7 Å². The van der Waals surface area contributed by atoms with E-state index in [-0.39, 0.29) is 182 Å². The fraction of sp³-hybridized carbons (Fsp3) is 0.902. The second kappa shape index (κ2) is 44.8. The van der Waals surface area contributed by atoms with Crippen LogP contribution in [0.5, 0.6) is 0 Å². The van der Waals surface area contributed by atoms with E-state index in [2.05, 4.69) is 20.8 Å². The van der Waals surface area contributed by atoms with Gasteiger partial charge in [0.15, 0.2) is 25.6 Å². The Bertz CT molecular complexity index is 3540. The average Bonchev–Trinajstić information content (AvgIpc) is 1.09. The molecule has 0 aromatic carbocycles. The first-order chi connectivity index (χ1) is 54.0. The van der Waals surface area contributed by atoms with E-state index in [1.54, 1.807) is 41.5 Å². The summed E-state index contributed by atoms with van der Waals surface area (Å²) >= 11 is 0. The molecule has 24 heteroatoms. The number of hydrogen-bond acceptors (Lipinski definition) is 24. The second-order valence-corrected chi connectivity index (χ2v) is 42.6. The van der Waals surface area contributed by atoms with Crippen LogP contribution in [-0.4, -0.2) is 160 Å². The molecule has 16 saturated carbocycles. The molecule has 24 nitrogen and oxygen atoms in total. The summed E-state index contributed by atoms with van der Waals surface area (Å²) in [5.41, 5.74) is -5.92. The zero-order valence-electron chi connectivity index (χ0n) is 73.8.